The Morgan fingerprint density at radius 3 is 2.42 bits per heavy atom. The van der Waals surface area contributed by atoms with Crippen LogP contribution in [0.25, 0.3) is 0 Å². The summed E-state index contributed by atoms with van der Waals surface area (Å²) >= 11 is 0. The average molecular weight is 337 g/mol. The molecule has 6 heteroatoms. The third kappa shape index (κ3) is 5.01. The Hall–Kier alpha value is -2.50. The highest BCUT2D eigenvalue weighted by Gasteiger charge is 2.30. The fraction of sp³-hybridized carbons (Fsp3) is 0.278. The molecular weight excluding hydrogens is 319 g/mol. The molecule has 0 fully saturated rings. The molecule has 2 aromatic rings. The van der Waals surface area contributed by atoms with E-state index in [9.17, 15) is 18.0 Å². The maximum Gasteiger partial charge on any atom is 0.416 e. The zero-order valence-corrected chi connectivity index (χ0v) is 13.2. The van der Waals surface area contributed by atoms with Gasteiger partial charge in [-0.1, -0.05) is 36.4 Å². The third-order valence-corrected chi connectivity index (χ3v) is 3.47. The van der Waals surface area contributed by atoms with Gasteiger partial charge in [-0.15, -0.1) is 0 Å². The Morgan fingerprint density at radius 1 is 1.08 bits per heavy atom. The number of hydrogen-bond donors (Lipinski definition) is 0. The second kappa shape index (κ2) is 7.86. The first-order valence-electron chi connectivity index (χ1n) is 7.52. The van der Waals surface area contributed by atoms with Crippen molar-refractivity contribution in [3.05, 3.63) is 65.7 Å². The van der Waals surface area contributed by atoms with E-state index in [-0.39, 0.29) is 18.3 Å². The van der Waals surface area contributed by atoms with Gasteiger partial charge in [-0.2, -0.15) is 13.2 Å². The van der Waals surface area contributed by atoms with E-state index < -0.39 is 11.7 Å². The summed E-state index contributed by atoms with van der Waals surface area (Å²) in [4.78, 5) is 13.8. The quantitative estimate of drug-likeness (QED) is 0.793. The van der Waals surface area contributed by atoms with E-state index in [2.05, 4.69) is 0 Å². The van der Waals surface area contributed by atoms with Crippen molar-refractivity contribution in [1.82, 2.24) is 4.90 Å². The lowest BCUT2D eigenvalue weighted by molar-refractivity contribution is -0.137. The maximum absolute atomic E-state index is 12.7. The summed E-state index contributed by atoms with van der Waals surface area (Å²) < 4.78 is 43.2. The Balaban J connectivity index is 1.96. The summed E-state index contributed by atoms with van der Waals surface area (Å²) in [6.45, 7) is 2.45. The maximum atomic E-state index is 12.7. The van der Waals surface area contributed by atoms with Gasteiger partial charge in [0.2, 0.25) is 0 Å². The first kappa shape index (κ1) is 17.8. The first-order chi connectivity index (χ1) is 11.4. The highest BCUT2D eigenvalue weighted by atomic mass is 19.4. The third-order valence-electron chi connectivity index (χ3n) is 3.47. The Labute approximate surface area is 138 Å². The van der Waals surface area contributed by atoms with Gasteiger partial charge < -0.3 is 9.64 Å². The van der Waals surface area contributed by atoms with Gasteiger partial charge in [0.15, 0.2) is 6.61 Å². The summed E-state index contributed by atoms with van der Waals surface area (Å²) in [6.07, 6.45) is -4.44. The molecule has 128 valence electrons. The Bertz CT molecular complexity index is 671. The number of rotatable bonds is 6. The summed E-state index contributed by atoms with van der Waals surface area (Å²) in [7, 11) is 0. The Kier molecular flexibility index (Phi) is 5.84. The topological polar surface area (TPSA) is 29.5 Å². The number of likely N-dealkylation sites (N-methyl/N-ethyl adjacent to an activating group) is 1. The van der Waals surface area contributed by atoms with Crippen molar-refractivity contribution < 1.29 is 22.7 Å². The average Bonchev–Trinajstić information content (AvgIpc) is 2.58. The SMILES string of the molecule is CCN(Cc1ccccc1)C(=O)COc1cccc(C(F)(F)F)c1. The largest absolute Gasteiger partial charge is 0.484 e. The van der Waals surface area contributed by atoms with Gasteiger partial charge in [0.05, 0.1) is 5.56 Å². The number of carbonyl (C=O) groups excluding carboxylic acids is 1. The van der Waals surface area contributed by atoms with E-state index in [0.29, 0.717) is 13.1 Å². The molecule has 0 N–H and O–H groups in total. The summed E-state index contributed by atoms with van der Waals surface area (Å²) in [5, 5.41) is 0. The van der Waals surface area contributed by atoms with Crippen LogP contribution in [0.15, 0.2) is 54.6 Å². The molecule has 0 atom stereocenters. The molecule has 0 aliphatic rings. The van der Waals surface area contributed by atoms with Crippen molar-refractivity contribution in [2.75, 3.05) is 13.2 Å². The predicted molar refractivity (Wildman–Crippen MR) is 84.5 cm³/mol. The smallest absolute Gasteiger partial charge is 0.416 e. The van der Waals surface area contributed by atoms with E-state index >= 15 is 0 Å². The minimum atomic E-state index is -4.44. The van der Waals surface area contributed by atoms with Gasteiger partial charge in [-0.25, -0.2) is 0 Å². The van der Waals surface area contributed by atoms with Crippen molar-refractivity contribution in [1.29, 1.82) is 0 Å². The molecule has 0 unspecified atom stereocenters. The molecule has 2 rings (SSSR count). The van der Waals surface area contributed by atoms with E-state index in [4.69, 9.17) is 4.74 Å². The van der Waals surface area contributed by atoms with Gasteiger partial charge in [-0.3, -0.25) is 4.79 Å². The Morgan fingerprint density at radius 2 is 1.79 bits per heavy atom. The fourth-order valence-corrected chi connectivity index (χ4v) is 2.18. The van der Waals surface area contributed by atoms with Gasteiger partial charge >= 0.3 is 6.18 Å². The van der Waals surface area contributed by atoms with Gasteiger partial charge in [0.1, 0.15) is 5.75 Å². The number of ether oxygens (including phenoxy) is 1. The standard InChI is InChI=1S/C18H18F3NO2/c1-2-22(12-14-7-4-3-5-8-14)17(23)13-24-16-10-6-9-15(11-16)18(19,20)21/h3-11H,2,12-13H2,1H3. The van der Waals surface area contributed by atoms with E-state index in [1.165, 1.54) is 12.1 Å². The summed E-state index contributed by atoms with van der Waals surface area (Å²) in [5.74, 6) is -0.257. The molecule has 0 bridgehead atoms. The second-order valence-electron chi connectivity index (χ2n) is 5.21. The molecule has 0 saturated heterocycles. The van der Waals surface area contributed by atoms with Crippen LogP contribution in [0, 0.1) is 0 Å². The van der Waals surface area contributed by atoms with Crippen molar-refractivity contribution >= 4 is 5.91 Å². The molecule has 2 aromatic carbocycles. The molecule has 24 heavy (non-hydrogen) atoms. The molecule has 1 amide bonds. The highest BCUT2D eigenvalue weighted by molar-refractivity contribution is 5.77. The number of benzene rings is 2. The number of carbonyl (C=O) groups is 1. The van der Waals surface area contributed by atoms with Crippen LogP contribution in [-0.4, -0.2) is 24.0 Å². The minimum absolute atomic E-state index is 0.0222. The molecule has 0 aromatic heterocycles. The molecule has 0 aliphatic heterocycles. The van der Waals surface area contributed by atoms with Crippen molar-refractivity contribution in [3.63, 3.8) is 0 Å². The molecule has 0 heterocycles. The summed E-state index contributed by atoms with van der Waals surface area (Å²) in [5.41, 5.74) is 0.177. The minimum Gasteiger partial charge on any atom is -0.484 e. The van der Waals surface area contributed by atoms with Crippen LogP contribution in [0.2, 0.25) is 0 Å². The van der Waals surface area contributed by atoms with Crippen molar-refractivity contribution in [2.45, 2.75) is 19.6 Å². The lowest BCUT2D eigenvalue weighted by atomic mass is 10.2. The monoisotopic (exact) mass is 337 g/mol. The summed E-state index contributed by atoms with van der Waals surface area (Å²) in [6, 6.07) is 14.0. The molecular formula is C18H18F3NO2. The molecule has 0 spiro atoms. The lowest BCUT2D eigenvalue weighted by Crippen LogP contribution is -2.34. The highest BCUT2D eigenvalue weighted by Crippen LogP contribution is 2.31. The van der Waals surface area contributed by atoms with E-state index in [1.807, 2.05) is 37.3 Å². The van der Waals surface area contributed by atoms with Crippen LogP contribution >= 0.6 is 0 Å². The van der Waals surface area contributed by atoms with Crippen LogP contribution < -0.4 is 4.74 Å². The molecule has 3 nitrogen and oxygen atoms in total. The normalized spacial score (nSPS) is 11.2. The second-order valence-corrected chi connectivity index (χ2v) is 5.21. The number of alkyl halides is 3. The number of hydrogen-bond acceptors (Lipinski definition) is 2. The number of amides is 1. The zero-order valence-electron chi connectivity index (χ0n) is 13.2. The van der Waals surface area contributed by atoms with Crippen LogP contribution in [0.5, 0.6) is 5.75 Å². The van der Waals surface area contributed by atoms with Gasteiger partial charge in [-0.05, 0) is 30.7 Å². The van der Waals surface area contributed by atoms with Crippen LogP contribution in [0.3, 0.4) is 0 Å². The van der Waals surface area contributed by atoms with Crippen LogP contribution in [-0.2, 0) is 17.5 Å². The number of nitrogens with zero attached hydrogens (tertiary/aromatic N) is 1. The molecule has 0 radical (unpaired) electrons. The predicted octanol–water partition coefficient (Wildman–Crippen LogP) is 4.13. The van der Waals surface area contributed by atoms with Crippen LogP contribution in [0.1, 0.15) is 18.1 Å². The van der Waals surface area contributed by atoms with Gasteiger partial charge in [0.25, 0.3) is 5.91 Å². The number of halogens is 3. The van der Waals surface area contributed by atoms with E-state index in [1.54, 1.807) is 4.90 Å². The first-order valence-corrected chi connectivity index (χ1v) is 7.52. The molecule has 0 aliphatic carbocycles. The van der Waals surface area contributed by atoms with E-state index in [0.717, 1.165) is 17.7 Å². The van der Waals surface area contributed by atoms with Crippen molar-refractivity contribution in [3.8, 4) is 5.75 Å². The van der Waals surface area contributed by atoms with Crippen LogP contribution in [0.4, 0.5) is 13.2 Å². The lowest BCUT2D eigenvalue weighted by Gasteiger charge is -2.21. The fourth-order valence-electron chi connectivity index (χ4n) is 2.18. The zero-order chi connectivity index (χ0) is 17.6. The molecule has 0 saturated carbocycles. The van der Waals surface area contributed by atoms with Gasteiger partial charge in [0, 0.05) is 13.1 Å². The van der Waals surface area contributed by atoms with Crippen molar-refractivity contribution in [2.24, 2.45) is 0 Å².